The van der Waals surface area contributed by atoms with E-state index in [1.807, 2.05) is 28.6 Å². The number of aryl methyl sites for hydroxylation is 1. The number of amides is 1. The van der Waals surface area contributed by atoms with Gasteiger partial charge in [0.15, 0.2) is 5.78 Å². The Morgan fingerprint density at radius 3 is 2.49 bits per heavy atom. The average Bonchev–Trinajstić information content (AvgIpc) is 3.33. The predicted molar refractivity (Wildman–Crippen MR) is 145 cm³/mol. The van der Waals surface area contributed by atoms with Gasteiger partial charge >= 0.3 is 0 Å². The highest BCUT2D eigenvalue weighted by Gasteiger charge is 2.24. The molecule has 0 bridgehead atoms. The zero-order chi connectivity index (χ0) is 25.8. The van der Waals surface area contributed by atoms with Gasteiger partial charge in [0, 0.05) is 66.9 Å². The number of carbonyl (C=O) groups excluding carboxylic acids is 2. The molecule has 1 aromatic heterocycles. The molecule has 2 aromatic carbocycles. The zero-order valence-electron chi connectivity index (χ0n) is 21.5. The van der Waals surface area contributed by atoms with Crippen molar-refractivity contribution in [1.29, 1.82) is 0 Å². The monoisotopic (exact) mass is 522 g/mol. The molecular weight excluding hydrogens is 488 g/mol. The number of rotatable bonds is 8. The minimum absolute atomic E-state index is 0.0673. The zero-order valence-corrected chi connectivity index (χ0v) is 22.3. The van der Waals surface area contributed by atoms with Crippen LogP contribution in [0.2, 0.25) is 5.02 Å². The lowest BCUT2D eigenvalue weighted by molar-refractivity contribution is 0.0371. The van der Waals surface area contributed by atoms with Crippen LogP contribution in [0.5, 0.6) is 0 Å². The number of fused-ring (bicyclic) bond motifs is 1. The van der Waals surface area contributed by atoms with Crippen LogP contribution < -0.4 is 0 Å². The lowest BCUT2D eigenvalue weighted by atomic mass is 9.96. The molecule has 0 atom stereocenters. The van der Waals surface area contributed by atoms with Gasteiger partial charge in [-0.05, 0) is 80.6 Å². The van der Waals surface area contributed by atoms with Crippen molar-refractivity contribution < 1.29 is 14.3 Å². The van der Waals surface area contributed by atoms with Gasteiger partial charge in [0.25, 0.3) is 5.91 Å². The maximum atomic E-state index is 13.0. The van der Waals surface area contributed by atoms with Crippen LogP contribution in [0.1, 0.15) is 52.0 Å². The van der Waals surface area contributed by atoms with Gasteiger partial charge in [0.05, 0.1) is 18.7 Å². The Balaban J connectivity index is 1.16. The quantitative estimate of drug-likeness (QED) is 0.396. The SMILES string of the molecule is Cc1c(C(=O)CCCN2CCOCC2)ccc2nn(CC3CCN(C(=O)c4ccc(Cl)cc4)CC3)cc12. The van der Waals surface area contributed by atoms with Gasteiger partial charge in [-0.3, -0.25) is 19.2 Å². The summed E-state index contributed by atoms with van der Waals surface area (Å²) < 4.78 is 7.42. The van der Waals surface area contributed by atoms with Crippen molar-refractivity contribution >= 4 is 34.2 Å². The molecule has 7 nitrogen and oxygen atoms in total. The number of hydrogen-bond donors (Lipinski definition) is 0. The van der Waals surface area contributed by atoms with E-state index in [-0.39, 0.29) is 11.7 Å². The summed E-state index contributed by atoms with van der Waals surface area (Å²) >= 11 is 5.95. The number of nitrogens with zero attached hydrogens (tertiary/aromatic N) is 4. The summed E-state index contributed by atoms with van der Waals surface area (Å²) in [6.45, 7) is 8.77. The molecule has 3 heterocycles. The Morgan fingerprint density at radius 2 is 1.76 bits per heavy atom. The molecule has 196 valence electrons. The first-order chi connectivity index (χ1) is 18.0. The second-order valence-electron chi connectivity index (χ2n) is 10.2. The fraction of sp³-hybridized carbons (Fsp3) is 0.483. The molecule has 2 aliphatic heterocycles. The van der Waals surface area contributed by atoms with Crippen LogP contribution >= 0.6 is 11.6 Å². The number of carbonyl (C=O) groups is 2. The van der Waals surface area contributed by atoms with Crippen LogP contribution in [-0.2, 0) is 11.3 Å². The number of aromatic nitrogens is 2. The van der Waals surface area contributed by atoms with Crippen LogP contribution in [0.25, 0.3) is 10.9 Å². The highest BCUT2D eigenvalue weighted by molar-refractivity contribution is 6.30. The summed E-state index contributed by atoms with van der Waals surface area (Å²) in [4.78, 5) is 30.1. The first-order valence-corrected chi connectivity index (χ1v) is 13.7. The summed E-state index contributed by atoms with van der Waals surface area (Å²) in [7, 11) is 0. The van der Waals surface area contributed by atoms with Gasteiger partial charge in [-0.25, -0.2) is 0 Å². The third kappa shape index (κ3) is 6.22. The molecule has 0 aliphatic carbocycles. The second kappa shape index (κ2) is 11.8. The van der Waals surface area contributed by atoms with Crippen LogP contribution in [0.3, 0.4) is 0 Å². The van der Waals surface area contributed by atoms with Crippen molar-refractivity contribution in [1.82, 2.24) is 19.6 Å². The Hall–Kier alpha value is -2.74. The molecule has 0 spiro atoms. The van der Waals surface area contributed by atoms with Crippen LogP contribution in [0, 0.1) is 12.8 Å². The predicted octanol–water partition coefficient (Wildman–Crippen LogP) is 4.85. The number of likely N-dealkylation sites (tertiary alicyclic amines) is 1. The van der Waals surface area contributed by atoms with Crippen molar-refractivity contribution in [3.05, 3.63) is 64.3 Å². The van der Waals surface area contributed by atoms with E-state index in [9.17, 15) is 9.59 Å². The van der Waals surface area contributed by atoms with E-state index in [0.717, 1.165) is 93.8 Å². The van der Waals surface area contributed by atoms with Gasteiger partial charge in [0.1, 0.15) is 0 Å². The number of hydrogen-bond acceptors (Lipinski definition) is 5. The molecule has 1 amide bonds. The summed E-state index contributed by atoms with van der Waals surface area (Å²) in [6, 6.07) is 11.0. The summed E-state index contributed by atoms with van der Waals surface area (Å²) in [5.41, 5.74) is 3.44. The van der Waals surface area contributed by atoms with E-state index in [1.165, 1.54) is 0 Å². The van der Waals surface area contributed by atoms with Crippen molar-refractivity contribution in [2.45, 2.75) is 39.2 Å². The largest absolute Gasteiger partial charge is 0.379 e. The van der Waals surface area contributed by atoms with E-state index in [2.05, 4.69) is 11.1 Å². The molecule has 37 heavy (non-hydrogen) atoms. The van der Waals surface area contributed by atoms with Gasteiger partial charge in [-0.1, -0.05) is 11.6 Å². The molecule has 2 aliphatic rings. The van der Waals surface area contributed by atoms with Crippen molar-refractivity contribution in [3.63, 3.8) is 0 Å². The first kappa shape index (κ1) is 25.9. The van der Waals surface area contributed by atoms with E-state index in [0.29, 0.717) is 22.9 Å². The second-order valence-corrected chi connectivity index (χ2v) is 10.7. The minimum Gasteiger partial charge on any atom is -0.379 e. The molecule has 5 rings (SSSR count). The third-order valence-electron chi connectivity index (χ3n) is 7.73. The minimum atomic E-state index is 0.0673. The van der Waals surface area contributed by atoms with Crippen LogP contribution in [0.4, 0.5) is 0 Å². The van der Waals surface area contributed by atoms with Gasteiger partial charge in [-0.15, -0.1) is 0 Å². The van der Waals surface area contributed by atoms with Crippen molar-refractivity contribution in [2.75, 3.05) is 45.9 Å². The Labute approximate surface area is 223 Å². The number of piperidine rings is 1. The molecule has 0 radical (unpaired) electrons. The maximum absolute atomic E-state index is 13.0. The molecule has 0 saturated carbocycles. The lowest BCUT2D eigenvalue weighted by Gasteiger charge is -2.32. The Bertz CT molecular complexity index is 1240. The van der Waals surface area contributed by atoms with Crippen LogP contribution in [0.15, 0.2) is 42.6 Å². The maximum Gasteiger partial charge on any atom is 0.253 e. The Morgan fingerprint density at radius 1 is 1.03 bits per heavy atom. The highest BCUT2D eigenvalue weighted by Crippen LogP contribution is 2.25. The number of ether oxygens (including phenoxy) is 1. The van der Waals surface area contributed by atoms with Gasteiger partial charge < -0.3 is 9.64 Å². The summed E-state index contributed by atoms with van der Waals surface area (Å²) in [6.07, 6.45) is 5.41. The molecule has 0 unspecified atom stereocenters. The first-order valence-electron chi connectivity index (χ1n) is 13.3. The standard InChI is InChI=1S/C29H35ClN4O3/c1-21-25(28(35)3-2-12-32-15-17-37-18-16-32)8-9-27-26(21)20-34(31-27)19-22-10-13-33(14-11-22)29(36)23-4-6-24(30)7-5-23/h4-9,20,22H,2-3,10-19H2,1H3. The average molecular weight is 523 g/mol. The van der Waals surface area contributed by atoms with Gasteiger partial charge in [-0.2, -0.15) is 5.10 Å². The molecule has 0 N–H and O–H groups in total. The van der Waals surface area contributed by atoms with E-state index in [1.54, 1.807) is 24.3 Å². The fourth-order valence-electron chi connectivity index (χ4n) is 5.46. The molecule has 3 aromatic rings. The topological polar surface area (TPSA) is 67.7 Å². The smallest absolute Gasteiger partial charge is 0.253 e. The third-order valence-corrected chi connectivity index (χ3v) is 7.98. The molecule has 2 fully saturated rings. The molecule has 8 heteroatoms. The number of halogens is 1. The number of ketones is 1. The summed E-state index contributed by atoms with van der Waals surface area (Å²) in [5.74, 6) is 0.737. The van der Waals surface area contributed by atoms with Crippen molar-refractivity contribution in [3.8, 4) is 0 Å². The van der Waals surface area contributed by atoms with E-state index in [4.69, 9.17) is 21.4 Å². The molecular formula is C29H35ClN4O3. The number of benzene rings is 2. The summed E-state index contributed by atoms with van der Waals surface area (Å²) in [5, 5.41) is 6.48. The fourth-order valence-corrected chi connectivity index (χ4v) is 5.58. The van der Waals surface area contributed by atoms with E-state index < -0.39 is 0 Å². The van der Waals surface area contributed by atoms with E-state index >= 15 is 0 Å². The number of morpholine rings is 1. The van der Waals surface area contributed by atoms with Crippen LogP contribution in [-0.4, -0.2) is 77.2 Å². The molecule has 2 saturated heterocycles. The van der Waals surface area contributed by atoms with Gasteiger partial charge in [0.2, 0.25) is 0 Å². The van der Waals surface area contributed by atoms with Crippen molar-refractivity contribution in [2.24, 2.45) is 5.92 Å². The highest BCUT2D eigenvalue weighted by atomic mass is 35.5. The normalized spacial score (nSPS) is 17.4. The number of Topliss-reactive ketones (excluding diaryl/α,β-unsaturated/α-hetero) is 1. The lowest BCUT2D eigenvalue weighted by Crippen LogP contribution is -2.39. The Kier molecular flexibility index (Phi) is 8.23.